The van der Waals surface area contributed by atoms with Gasteiger partial charge in [0, 0.05) is 12.6 Å². The fraction of sp³-hybridized carbons (Fsp3) is 0.538. The molecule has 2 heterocycles. The number of fused-ring (bicyclic) bond motifs is 1. The van der Waals surface area contributed by atoms with Crippen molar-refractivity contribution in [3.63, 3.8) is 0 Å². The van der Waals surface area contributed by atoms with E-state index < -0.39 is 4.92 Å². The van der Waals surface area contributed by atoms with Crippen LogP contribution in [-0.4, -0.2) is 26.1 Å². The van der Waals surface area contributed by atoms with Crippen molar-refractivity contribution in [3.05, 3.63) is 28.4 Å². The zero-order chi connectivity index (χ0) is 14.2. The number of hydrogen-bond donors (Lipinski definition) is 1. The maximum Gasteiger partial charge on any atom is 0.368 e. The molecular formula is C13H17N5O2. The van der Waals surface area contributed by atoms with Crippen molar-refractivity contribution in [2.45, 2.75) is 32.6 Å². The lowest BCUT2D eigenvalue weighted by Gasteiger charge is -2.41. The minimum atomic E-state index is -0.476. The molecule has 0 aromatic carbocycles. The lowest BCUT2D eigenvalue weighted by molar-refractivity contribution is -0.391. The Morgan fingerprint density at radius 3 is 2.90 bits per heavy atom. The predicted octanol–water partition coefficient (Wildman–Crippen LogP) is 2.63. The van der Waals surface area contributed by atoms with Gasteiger partial charge in [-0.3, -0.25) is 0 Å². The van der Waals surface area contributed by atoms with Crippen LogP contribution in [0.1, 0.15) is 32.6 Å². The number of aromatic nitrogens is 3. The van der Waals surface area contributed by atoms with Gasteiger partial charge in [0.1, 0.15) is 6.20 Å². The van der Waals surface area contributed by atoms with Crippen LogP contribution in [-0.2, 0) is 0 Å². The van der Waals surface area contributed by atoms with Crippen molar-refractivity contribution in [1.82, 2.24) is 14.6 Å². The standard InChI is InChI=1S/C13H17N5O2/c1-2-13(6-3-7-13)9-15-10-4-5-11-14-8-12(18(19)20)17(11)16-10/h4-5,8H,2-3,6-7,9H2,1H3,(H,15,16). The van der Waals surface area contributed by atoms with Gasteiger partial charge >= 0.3 is 5.82 Å². The Kier molecular flexibility index (Phi) is 3.04. The third-order valence-electron chi connectivity index (χ3n) is 4.34. The van der Waals surface area contributed by atoms with Crippen LogP contribution in [0.4, 0.5) is 11.6 Å². The Hall–Kier alpha value is -2.18. The van der Waals surface area contributed by atoms with Gasteiger partial charge in [0.05, 0.1) is 0 Å². The molecule has 0 spiro atoms. The SMILES string of the molecule is CCC1(CNc2ccc3ncc([N+](=O)[O-])n3n2)CCC1. The molecule has 2 aromatic rings. The van der Waals surface area contributed by atoms with Crippen molar-refractivity contribution < 1.29 is 4.92 Å². The Balaban J connectivity index is 1.81. The van der Waals surface area contributed by atoms with Gasteiger partial charge in [-0.15, -0.1) is 0 Å². The lowest BCUT2D eigenvalue weighted by Crippen LogP contribution is -2.36. The Labute approximate surface area is 116 Å². The van der Waals surface area contributed by atoms with Crippen LogP contribution in [0, 0.1) is 15.5 Å². The summed E-state index contributed by atoms with van der Waals surface area (Å²) in [4.78, 5) is 14.4. The van der Waals surface area contributed by atoms with Gasteiger partial charge in [0.25, 0.3) is 0 Å². The van der Waals surface area contributed by atoms with Crippen LogP contribution in [0.5, 0.6) is 0 Å². The van der Waals surface area contributed by atoms with E-state index >= 15 is 0 Å². The highest BCUT2D eigenvalue weighted by molar-refractivity contribution is 5.48. The second-order valence-electron chi connectivity index (χ2n) is 5.42. The molecule has 1 aliphatic rings. The monoisotopic (exact) mass is 275 g/mol. The van der Waals surface area contributed by atoms with Gasteiger partial charge in [0.15, 0.2) is 5.82 Å². The molecule has 20 heavy (non-hydrogen) atoms. The van der Waals surface area contributed by atoms with Crippen molar-refractivity contribution in [3.8, 4) is 0 Å². The molecule has 0 bridgehead atoms. The fourth-order valence-corrected chi connectivity index (χ4v) is 2.69. The highest BCUT2D eigenvalue weighted by Crippen LogP contribution is 2.43. The van der Waals surface area contributed by atoms with E-state index in [-0.39, 0.29) is 5.82 Å². The van der Waals surface area contributed by atoms with Crippen molar-refractivity contribution in [2.75, 3.05) is 11.9 Å². The molecule has 0 aliphatic heterocycles. The van der Waals surface area contributed by atoms with Crippen LogP contribution in [0.3, 0.4) is 0 Å². The fourth-order valence-electron chi connectivity index (χ4n) is 2.69. The van der Waals surface area contributed by atoms with E-state index in [4.69, 9.17) is 0 Å². The summed E-state index contributed by atoms with van der Waals surface area (Å²) < 4.78 is 1.27. The Morgan fingerprint density at radius 1 is 1.50 bits per heavy atom. The number of nitrogens with zero attached hydrogens (tertiary/aromatic N) is 4. The average molecular weight is 275 g/mol. The number of anilines is 1. The van der Waals surface area contributed by atoms with Crippen LogP contribution >= 0.6 is 0 Å². The third kappa shape index (κ3) is 2.09. The molecule has 0 radical (unpaired) electrons. The van der Waals surface area contributed by atoms with E-state index in [1.807, 2.05) is 6.07 Å². The molecule has 1 N–H and O–H groups in total. The van der Waals surface area contributed by atoms with Crippen molar-refractivity contribution >= 4 is 17.3 Å². The first-order chi connectivity index (χ1) is 9.63. The van der Waals surface area contributed by atoms with E-state index in [9.17, 15) is 10.1 Å². The smallest absolute Gasteiger partial charge is 0.366 e. The molecule has 0 saturated heterocycles. The van der Waals surface area contributed by atoms with E-state index in [1.54, 1.807) is 6.07 Å². The van der Waals surface area contributed by atoms with Crippen LogP contribution < -0.4 is 5.32 Å². The second-order valence-corrected chi connectivity index (χ2v) is 5.42. The summed E-state index contributed by atoms with van der Waals surface area (Å²) in [5.41, 5.74) is 0.855. The highest BCUT2D eigenvalue weighted by atomic mass is 16.6. The summed E-state index contributed by atoms with van der Waals surface area (Å²) in [5.74, 6) is 0.538. The first-order valence-electron chi connectivity index (χ1n) is 6.87. The maximum absolute atomic E-state index is 10.9. The highest BCUT2D eigenvalue weighted by Gasteiger charge is 2.34. The van der Waals surface area contributed by atoms with Gasteiger partial charge in [-0.25, -0.2) is 4.98 Å². The summed E-state index contributed by atoms with van der Waals surface area (Å²) in [5, 5.41) is 18.4. The summed E-state index contributed by atoms with van der Waals surface area (Å²) >= 11 is 0. The number of imidazole rings is 1. The topological polar surface area (TPSA) is 85.4 Å². The normalized spacial score (nSPS) is 16.9. The second kappa shape index (κ2) is 4.73. The van der Waals surface area contributed by atoms with E-state index in [1.165, 1.54) is 30.0 Å². The molecule has 2 aromatic heterocycles. The molecule has 106 valence electrons. The Bertz CT molecular complexity index is 642. The maximum atomic E-state index is 10.9. The zero-order valence-electron chi connectivity index (χ0n) is 11.4. The van der Waals surface area contributed by atoms with E-state index in [2.05, 4.69) is 22.3 Å². The molecule has 7 heteroatoms. The molecule has 1 aliphatic carbocycles. The first-order valence-corrected chi connectivity index (χ1v) is 6.87. The molecule has 7 nitrogen and oxygen atoms in total. The van der Waals surface area contributed by atoms with Crippen LogP contribution in [0.15, 0.2) is 18.3 Å². The van der Waals surface area contributed by atoms with Gasteiger partial charge in [-0.05, 0) is 35.7 Å². The molecule has 1 saturated carbocycles. The summed E-state index contributed by atoms with van der Waals surface area (Å²) in [6.07, 6.45) is 6.14. The summed E-state index contributed by atoms with van der Waals surface area (Å²) in [6, 6.07) is 3.55. The van der Waals surface area contributed by atoms with Gasteiger partial charge < -0.3 is 15.4 Å². The minimum Gasteiger partial charge on any atom is -0.366 e. The van der Waals surface area contributed by atoms with Gasteiger partial charge in [0.2, 0.25) is 5.65 Å². The first kappa shape index (κ1) is 12.8. The summed E-state index contributed by atoms with van der Waals surface area (Å²) in [6.45, 7) is 3.07. The van der Waals surface area contributed by atoms with Gasteiger partial charge in [-0.1, -0.05) is 23.0 Å². The van der Waals surface area contributed by atoms with E-state index in [0.29, 0.717) is 16.9 Å². The van der Waals surface area contributed by atoms with Crippen molar-refractivity contribution in [1.29, 1.82) is 0 Å². The van der Waals surface area contributed by atoms with Crippen molar-refractivity contribution in [2.24, 2.45) is 5.41 Å². The molecule has 3 rings (SSSR count). The number of nitrogens with one attached hydrogen (secondary N) is 1. The zero-order valence-corrected chi connectivity index (χ0v) is 11.4. The molecule has 0 atom stereocenters. The quantitative estimate of drug-likeness (QED) is 0.669. The minimum absolute atomic E-state index is 0.113. The molecule has 0 amide bonds. The van der Waals surface area contributed by atoms with Gasteiger partial charge in [-0.2, -0.15) is 0 Å². The Morgan fingerprint density at radius 2 is 2.30 bits per heavy atom. The largest absolute Gasteiger partial charge is 0.368 e. The van der Waals surface area contributed by atoms with Crippen LogP contribution in [0.2, 0.25) is 0 Å². The number of hydrogen-bond acceptors (Lipinski definition) is 5. The average Bonchev–Trinajstić information content (AvgIpc) is 2.81. The van der Waals surface area contributed by atoms with Crippen LogP contribution in [0.25, 0.3) is 5.65 Å². The lowest BCUT2D eigenvalue weighted by atomic mass is 9.67. The predicted molar refractivity (Wildman–Crippen MR) is 74.7 cm³/mol. The molecular weight excluding hydrogens is 258 g/mol. The summed E-state index contributed by atoms with van der Waals surface area (Å²) in [7, 11) is 0. The number of rotatable bonds is 5. The van der Waals surface area contributed by atoms with E-state index in [0.717, 1.165) is 13.0 Å². The molecule has 1 fully saturated rings. The third-order valence-corrected chi connectivity index (χ3v) is 4.34. The number of nitro groups is 1. The molecule has 0 unspecified atom stereocenters.